The summed E-state index contributed by atoms with van der Waals surface area (Å²) in [5.41, 5.74) is 0.784. The molecule has 6 heteroatoms. The number of rotatable bonds is 7. The van der Waals surface area contributed by atoms with Crippen molar-refractivity contribution < 1.29 is 9.90 Å². The molecule has 0 atom stereocenters. The van der Waals surface area contributed by atoms with E-state index < -0.39 is 0 Å². The van der Waals surface area contributed by atoms with Crippen LogP contribution in [0.25, 0.3) is 0 Å². The lowest BCUT2D eigenvalue weighted by Gasteiger charge is -2.03. The molecule has 0 aliphatic rings. The number of nitrogens with zero attached hydrogens (tertiary/aromatic N) is 2. The van der Waals surface area contributed by atoms with Gasteiger partial charge in [0.15, 0.2) is 0 Å². The molecule has 0 aliphatic heterocycles. The number of carbonyl (C=O) groups is 1. The van der Waals surface area contributed by atoms with Crippen LogP contribution in [0, 0.1) is 0 Å². The SMILES string of the molecule is CCCc1nnsc1C(=O)NCCCCO. The number of aliphatic hydroxyl groups excluding tert-OH is 1. The van der Waals surface area contributed by atoms with Crippen LogP contribution in [0.4, 0.5) is 0 Å². The van der Waals surface area contributed by atoms with Crippen LogP contribution in [0.3, 0.4) is 0 Å². The molecule has 90 valence electrons. The molecule has 0 bridgehead atoms. The third kappa shape index (κ3) is 3.86. The maximum atomic E-state index is 11.7. The van der Waals surface area contributed by atoms with Gasteiger partial charge in [-0.1, -0.05) is 17.8 Å². The number of unbranched alkanes of at least 4 members (excludes halogenated alkanes) is 1. The lowest BCUT2D eigenvalue weighted by atomic mass is 10.2. The highest BCUT2D eigenvalue weighted by Gasteiger charge is 2.14. The van der Waals surface area contributed by atoms with Crippen molar-refractivity contribution in [3.05, 3.63) is 10.6 Å². The maximum absolute atomic E-state index is 11.7. The smallest absolute Gasteiger partial charge is 0.264 e. The minimum Gasteiger partial charge on any atom is -0.396 e. The Kier molecular flexibility index (Phi) is 5.95. The van der Waals surface area contributed by atoms with E-state index in [-0.39, 0.29) is 12.5 Å². The molecule has 0 aliphatic carbocycles. The molecule has 0 spiro atoms. The first-order chi connectivity index (χ1) is 7.79. The van der Waals surface area contributed by atoms with Gasteiger partial charge in [-0.25, -0.2) is 0 Å². The predicted molar refractivity (Wildman–Crippen MR) is 62.6 cm³/mol. The quantitative estimate of drug-likeness (QED) is 0.700. The molecule has 16 heavy (non-hydrogen) atoms. The van der Waals surface area contributed by atoms with E-state index in [1.165, 1.54) is 0 Å². The molecular formula is C10H17N3O2S. The molecule has 0 radical (unpaired) electrons. The highest BCUT2D eigenvalue weighted by atomic mass is 32.1. The molecule has 1 heterocycles. The van der Waals surface area contributed by atoms with E-state index in [4.69, 9.17) is 5.11 Å². The van der Waals surface area contributed by atoms with Crippen molar-refractivity contribution in [3.63, 3.8) is 0 Å². The number of aromatic nitrogens is 2. The van der Waals surface area contributed by atoms with Crippen LogP contribution < -0.4 is 5.32 Å². The molecule has 0 aromatic carbocycles. The maximum Gasteiger partial charge on any atom is 0.264 e. The first-order valence-electron chi connectivity index (χ1n) is 5.49. The fraction of sp³-hybridized carbons (Fsp3) is 0.700. The van der Waals surface area contributed by atoms with E-state index in [1.54, 1.807) is 0 Å². The van der Waals surface area contributed by atoms with Crippen LogP contribution in [0.1, 0.15) is 41.6 Å². The number of nitrogens with one attached hydrogen (secondary N) is 1. The second-order valence-corrected chi connectivity index (χ2v) is 4.24. The standard InChI is InChI=1S/C10H17N3O2S/c1-2-5-8-9(16-13-12-8)10(15)11-6-3-4-7-14/h14H,2-7H2,1H3,(H,11,15). The molecule has 0 saturated carbocycles. The summed E-state index contributed by atoms with van der Waals surface area (Å²) in [7, 11) is 0. The average Bonchev–Trinajstić information content (AvgIpc) is 2.73. The van der Waals surface area contributed by atoms with Gasteiger partial charge in [-0.3, -0.25) is 4.79 Å². The van der Waals surface area contributed by atoms with Crippen LogP contribution in [0.2, 0.25) is 0 Å². The minimum absolute atomic E-state index is 0.101. The summed E-state index contributed by atoms with van der Waals surface area (Å²) < 4.78 is 3.80. The van der Waals surface area contributed by atoms with Crippen LogP contribution in [0.5, 0.6) is 0 Å². The van der Waals surface area contributed by atoms with Crippen molar-refractivity contribution >= 4 is 17.4 Å². The summed E-state index contributed by atoms with van der Waals surface area (Å²) in [6.07, 6.45) is 3.24. The largest absolute Gasteiger partial charge is 0.396 e. The van der Waals surface area contributed by atoms with Crippen molar-refractivity contribution in [2.45, 2.75) is 32.6 Å². The summed E-state index contributed by atoms with van der Waals surface area (Å²) in [6.45, 7) is 2.80. The van der Waals surface area contributed by atoms with Crippen LogP contribution in [-0.2, 0) is 6.42 Å². The van der Waals surface area contributed by atoms with Gasteiger partial charge in [0, 0.05) is 13.2 Å². The van der Waals surface area contributed by atoms with Gasteiger partial charge in [-0.15, -0.1) is 5.10 Å². The Balaban J connectivity index is 2.42. The Morgan fingerprint density at radius 2 is 2.31 bits per heavy atom. The Hall–Kier alpha value is -1.01. The first kappa shape index (κ1) is 13.1. The van der Waals surface area contributed by atoms with Crippen LogP contribution >= 0.6 is 11.5 Å². The lowest BCUT2D eigenvalue weighted by Crippen LogP contribution is -2.24. The third-order valence-corrected chi connectivity index (χ3v) is 2.89. The molecule has 2 N–H and O–H groups in total. The molecule has 0 fully saturated rings. The predicted octanol–water partition coefficient (Wildman–Crippen LogP) is 0.993. The van der Waals surface area contributed by atoms with E-state index >= 15 is 0 Å². The van der Waals surface area contributed by atoms with Gasteiger partial charge in [0.05, 0.1) is 5.69 Å². The van der Waals surface area contributed by atoms with Gasteiger partial charge < -0.3 is 10.4 Å². The fourth-order valence-corrected chi connectivity index (χ4v) is 1.92. The van der Waals surface area contributed by atoms with Gasteiger partial charge >= 0.3 is 0 Å². The topological polar surface area (TPSA) is 75.1 Å². The second-order valence-electron chi connectivity index (χ2n) is 3.49. The van der Waals surface area contributed by atoms with Gasteiger partial charge in [0.25, 0.3) is 5.91 Å². The summed E-state index contributed by atoms with van der Waals surface area (Å²) in [6, 6.07) is 0. The monoisotopic (exact) mass is 243 g/mol. The highest BCUT2D eigenvalue weighted by molar-refractivity contribution is 7.08. The number of hydrogen-bond acceptors (Lipinski definition) is 5. The summed E-state index contributed by atoms with van der Waals surface area (Å²) >= 11 is 1.14. The fourth-order valence-electron chi connectivity index (χ4n) is 1.30. The molecule has 5 nitrogen and oxygen atoms in total. The second kappa shape index (κ2) is 7.29. The van der Waals surface area contributed by atoms with Crippen molar-refractivity contribution in [2.75, 3.05) is 13.2 Å². The minimum atomic E-state index is -0.101. The van der Waals surface area contributed by atoms with Gasteiger partial charge in [0.2, 0.25) is 0 Å². The van der Waals surface area contributed by atoms with Crippen LogP contribution in [-0.4, -0.2) is 33.8 Å². The average molecular weight is 243 g/mol. The number of hydrogen-bond donors (Lipinski definition) is 2. The van der Waals surface area contributed by atoms with E-state index in [2.05, 4.69) is 14.9 Å². The number of amides is 1. The zero-order valence-electron chi connectivity index (χ0n) is 9.40. The summed E-state index contributed by atoms with van der Waals surface area (Å²) in [5, 5.41) is 15.3. The van der Waals surface area contributed by atoms with Gasteiger partial charge in [-0.2, -0.15) is 0 Å². The molecule has 0 unspecified atom stereocenters. The van der Waals surface area contributed by atoms with E-state index in [9.17, 15) is 4.79 Å². The zero-order chi connectivity index (χ0) is 11.8. The van der Waals surface area contributed by atoms with E-state index in [1.807, 2.05) is 6.92 Å². The van der Waals surface area contributed by atoms with Crippen molar-refractivity contribution in [2.24, 2.45) is 0 Å². The Morgan fingerprint density at radius 1 is 1.50 bits per heavy atom. The third-order valence-electron chi connectivity index (χ3n) is 2.12. The highest BCUT2D eigenvalue weighted by Crippen LogP contribution is 2.12. The molecular weight excluding hydrogens is 226 g/mol. The molecule has 0 saturated heterocycles. The Morgan fingerprint density at radius 3 is 3.00 bits per heavy atom. The zero-order valence-corrected chi connectivity index (χ0v) is 10.2. The normalized spacial score (nSPS) is 10.4. The Bertz CT molecular complexity index is 328. The van der Waals surface area contributed by atoms with E-state index in [0.717, 1.165) is 36.5 Å². The van der Waals surface area contributed by atoms with Gasteiger partial charge in [0.1, 0.15) is 4.88 Å². The van der Waals surface area contributed by atoms with E-state index in [0.29, 0.717) is 17.8 Å². The molecule has 1 aromatic heterocycles. The molecule has 1 amide bonds. The van der Waals surface area contributed by atoms with Crippen LogP contribution in [0.15, 0.2) is 0 Å². The lowest BCUT2D eigenvalue weighted by molar-refractivity contribution is 0.0955. The number of carbonyl (C=O) groups excluding carboxylic acids is 1. The Labute approximate surface area is 99.0 Å². The number of aliphatic hydroxyl groups is 1. The van der Waals surface area contributed by atoms with Gasteiger partial charge in [-0.05, 0) is 30.8 Å². The van der Waals surface area contributed by atoms with Crippen molar-refractivity contribution in [3.8, 4) is 0 Å². The summed E-state index contributed by atoms with van der Waals surface area (Å²) in [5.74, 6) is -0.101. The molecule has 1 aromatic rings. The van der Waals surface area contributed by atoms with Crippen molar-refractivity contribution in [1.82, 2.24) is 14.9 Å². The number of aryl methyl sites for hydroxylation is 1. The first-order valence-corrected chi connectivity index (χ1v) is 6.27. The molecule has 1 rings (SSSR count). The van der Waals surface area contributed by atoms with Crippen molar-refractivity contribution in [1.29, 1.82) is 0 Å². The summed E-state index contributed by atoms with van der Waals surface area (Å²) in [4.78, 5) is 12.3.